The molecule has 2 rings (SSSR count). The molecule has 1 aromatic rings. The van der Waals surface area contributed by atoms with E-state index in [1.165, 1.54) is 5.56 Å². The van der Waals surface area contributed by atoms with Gasteiger partial charge in [0.1, 0.15) is 0 Å². The third-order valence-corrected chi connectivity index (χ3v) is 3.78. The molecule has 0 radical (unpaired) electrons. The summed E-state index contributed by atoms with van der Waals surface area (Å²) >= 11 is 7.97. The maximum absolute atomic E-state index is 6.11. The zero-order chi connectivity index (χ0) is 8.55. The van der Waals surface area contributed by atoms with Crippen LogP contribution in [0.3, 0.4) is 0 Å². The van der Waals surface area contributed by atoms with Crippen molar-refractivity contribution in [3.05, 3.63) is 29.8 Å². The fourth-order valence-electron chi connectivity index (χ4n) is 1.31. The van der Waals surface area contributed by atoms with Crippen LogP contribution in [0.25, 0.3) is 0 Å². The fourth-order valence-corrected chi connectivity index (χ4v) is 2.56. The lowest BCUT2D eigenvalue weighted by Gasteiger charge is -2.30. The predicted molar refractivity (Wildman–Crippen MR) is 55.5 cm³/mol. The van der Waals surface area contributed by atoms with Gasteiger partial charge in [-0.05, 0) is 18.6 Å². The van der Waals surface area contributed by atoms with E-state index < -0.39 is 0 Å². The highest BCUT2D eigenvalue weighted by Gasteiger charge is 2.20. The van der Waals surface area contributed by atoms with E-state index in [-0.39, 0.29) is 0 Å². The van der Waals surface area contributed by atoms with Gasteiger partial charge in [0.05, 0.1) is 11.1 Å². The largest absolute Gasteiger partial charge is 0.272 e. The van der Waals surface area contributed by atoms with Crippen LogP contribution in [-0.2, 0) is 5.75 Å². The fraction of sp³-hybridized carbons (Fsp3) is 0.333. The molecule has 12 heavy (non-hydrogen) atoms. The molecule has 0 N–H and O–H groups in total. The highest BCUT2D eigenvalue weighted by molar-refractivity contribution is 7.99. The Balaban J connectivity index is 2.42. The van der Waals surface area contributed by atoms with Gasteiger partial charge in [0.15, 0.2) is 0 Å². The average molecular weight is 200 g/mol. The number of nitrogens with zero attached hydrogens (tertiary/aromatic N) is 1. The molecule has 0 amide bonds. The van der Waals surface area contributed by atoms with Crippen LogP contribution in [0, 0.1) is 0 Å². The first-order valence-corrected chi connectivity index (χ1v) is 5.32. The Morgan fingerprint density at radius 1 is 1.50 bits per heavy atom. The highest BCUT2D eigenvalue weighted by Crippen LogP contribution is 2.36. The second-order valence-corrected chi connectivity index (χ2v) is 4.52. The van der Waals surface area contributed by atoms with Gasteiger partial charge in [0.25, 0.3) is 0 Å². The van der Waals surface area contributed by atoms with E-state index in [1.807, 2.05) is 22.2 Å². The molecule has 1 heterocycles. The number of thioether (sulfide) groups is 1. The first-order valence-electron chi connectivity index (χ1n) is 3.93. The van der Waals surface area contributed by atoms with Gasteiger partial charge in [-0.15, -0.1) is 11.8 Å². The zero-order valence-corrected chi connectivity index (χ0v) is 8.40. The number of hydrogen-bond donors (Lipinski definition) is 0. The third kappa shape index (κ3) is 1.29. The van der Waals surface area contributed by atoms with Gasteiger partial charge in [-0.1, -0.05) is 18.2 Å². The van der Waals surface area contributed by atoms with Gasteiger partial charge >= 0.3 is 0 Å². The number of rotatable bonds is 0. The van der Waals surface area contributed by atoms with Gasteiger partial charge in [-0.2, -0.15) is 0 Å². The lowest BCUT2D eigenvalue weighted by molar-refractivity contribution is 0.993. The zero-order valence-electron chi connectivity index (χ0n) is 6.83. The number of benzene rings is 1. The summed E-state index contributed by atoms with van der Waals surface area (Å²) in [7, 11) is 0. The Kier molecular flexibility index (Phi) is 2.20. The molecule has 1 aliphatic rings. The molecule has 1 nitrogen and oxygen atoms in total. The molecule has 1 aromatic carbocycles. The quantitative estimate of drug-likeness (QED) is 0.591. The van der Waals surface area contributed by atoms with Crippen molar-refractivity contribution in [2.24, 2.45) is 0 Å². The minimum absolute atomic E-state index is 0.376. The summed E-state index contributed by atoms with van der Waals surface area (Å²) in [6.45, 7) is 2.12. The first kappa shape index (κ1) is 8.27. The first-order chi connectivity index (χ1) is 5.79. The van der Waals surface area contributed by atoms with Gasteiger partial charge in [-0.25, -0.2) is 0 Å². The van der Waals surface area contributed by atoms with E-state index in [0.29, 0.717) is 5.37 Å². The molecule has 0 aromatic heterocycles. The van der Waals surface area contributed by atoms with E-state index in [0.717, 1.165) is 11.4 Å². The van der Waals surface area contributed by atoms with Crippen molar-refractivity contribution in [2.75, 3.05) is 4.42 Å². The van der Waals surface area contributed by atoms with Crippen LogP contribution >= 0.6 is 23.5 Å². The van der Waals surface area contributed by atoms with Crippen LogP contribution in [0.4, 0.5) is 5.69 Å². The van der Waals surface area contributed by atoms with E-state index in [1.54, 1.807) is 0 Å². The van der Waals surface area contributed by atoms with E-state index >= 15 is 0 Å². The SMILES string of the molecule is CC1SCc2ccccc2N1Cl. The molecule has 0 spiro atoms. The molecular weight excluding hydrogens is 190 g/mol. The Labute approximate surface area is 81.8 Å². The Bertz CT molecular complexity index is 290. The Morgan fingerprint density at radius 3 is 3.08 bits per heavy atom. The molecule has 0 aliphatic carbocycles. The predicted octanol–water partition coefficient (Wildman–Crippen LogP) is 3.24. The summed E-state index contributed by atoms with van der Waals surface area (Å²) in [5, 5.41) is 0.376. The average Bonchev–Trinajstić information content (AvgIpc) is 2.12. The smallest absolute Gasteiger partial charge is 0.0887 e. The maximum atomic E-state index is 6.11. The highest BCUT2D eigenvalue weighted by atomic mass is 35.5. The molecule has 0 fully saturated rings. The Hall–Kier alpha value is -0.340. The van der Waals surface area contributed by atoms with Crippen molar-refractivity contribution in [3.8, 4) is 0 Å². The minimum atomic E-state index is 0.376. The van der Waals surface area contributed by atoms with Crippen molar-refractivity contribution in [3.63, 3.8) is 0 Å². The van der Waals surface area contributed by atoms with Crippen molar-refractivity contribution < 1.29 is 0 Å². The van der Waals surface area contributed by atoms with Crippen molar-refractivity contribution >= 4 is 29.2 Å². The summed E-state index contributed by atoms with van der Waals surface area (Å²) in [4.78, 5) is 0. The molecule has 1 aliphatic heterocycles. The molecule has 1 unspecified atom stereocenters. The van der Waals surface area contributed by atoms with Crippen LogP contribution in [-0.4, -0.2) is 5.37 Å². The van der Waals surface area contributed by atoms with Crippen LogP contribution in [0.1, 0.15) is 12.5 Å². The van der Waals surface area contributed by atoms with Gasteiger partial charge < -0.3 is 0 Å². The van der Waals surface area contributed by atoms with Crippen molar-refractivity contribution in [1.29, 1.82) is 0 Å². The number of para-hydroxylation sites is 1. The standard InChI is InChI=1S/C9H10ClNS/c1-7-11(10)9-5-3-2-4-8(9)6-12-7/h2-5,7H,6H2,1H3. The maximum Gasteiger partial charge on any atom is 0.0887 e. The van der Waals surface area contributed by atoms with E-state index in [9.17, 15) is 0 Å². The molecule has 1 atom stereocenters. The Morgan fingerprint density at radius 2 is 2.25 bits per heavy atom. The van der Waals surface area contributed by atoms with E-state index in [2.05, 4.69) is 25.1 Å². The normalized spacial score (nSPS) is 22.2. The topological polar surface area (TPSA) is 3.24 Å². The van der Waals surface area contributed by atoms with Gasteiger partial charge in [0, 0.05) is 17.5 Å². The number of hydrogen-bond acceptors (Lipinski definition) is 2. The molecule has 64 valence electrons. The van der Waals surface area contributed by atoms with Crippen molar-refractivity contribution in [2.45, 2.75) is 18.1 Å². The molecule has 0 saturated heterocycles. The molecular formula is C9H10ClNS. The summed E-state index contributed by atoms with van der Waals surface area (Å²) in [5.41, 5.74) is 2.49. The summed E-state index contributed by atoms with van der Waals surface area (Å²) in [6.07, 6.45) is 0. The summed E-state index contributed by atoms with van der Waals surface area (Å²) in [6, 6.07) is 8.28. The van der Waals surface area contributed by atoms with Crippen LogP contribution in [0.2, 0.25) is 0 Å². The number of anilines is 1. The second-order valence-electron chi connectivity index (χ2n) is 2.85. The van der Waals surface area contributed by atoms with E-state index in [4.69, 9.17) is 11.8 Å². The van der Waals surface area contributed by atoms with Gasteiger partial charge in [0.2, 0.25) is 0 Å². The lowest BCUT2D eigenvalue weighted by atomic mass is 10.2. The molecule has 0 bridgehead atoms. The lowest BCUT2D eigenvalue weighted by Crippen LogP contribution is -2.24. The summed E-state index contributed by atoms with van der Waals surface area (Å²) < 4.78 is 1.81. The monoisotopic (exact) mass is 199 g/mol. The molecule has 3 heteroatoms. The van der Waals surface area contributed by atoms with Gasteiger partial charge in [-0.3, -0.25) is 4.42 Å². The molecule has 0 saturated carbocycles. The summed E-state index contributed by atoms with van der Waals surface area (Å²) in [5.74, 6) is 1.07. The number of halogens is 1. The second kappa shape index (κ2) is 3.19. The van der Waals surface area contributed by atoms with Crippen LogP contribution < -0.4 is 4.42 Å². The van der Waals surface area contributed by atoms with Crippen LogP contribution in [0.5, 0.6) is 0 Å². The van der Waals surface area contributed by atoms with Crippen molar-refractivity contribution in [1.82, 2.24) is 0 Å². The minimum Gasteiger partial charge on any atom is -0.272 e. The third-order valence-electron chi connectivity index (χ3n) is 2.02. The van der Waals surface area contributed by atoms with Crippen LogP contribution in [0.15, 0.2) is 24.3 Å². The number of fused-ring (bicyclic) bond motifs is 1.